The zero-order chi connectivity index (χ0) is 12.1. The van der Waals surface area contributed by atoms with E-state index in [0.717, 1.165) is 0 Å². The quantitative estimate of drug-likeness (QED) is 0.631. The van der Waals surface area contributed by atoms with Crippen LogP contribution in [0.15, 0.2) is 18.2 Å². The number of carbonyl (C=O) groups excluding carboxylic acids is 2. The van der Waals surface area contributed by atoms with Crippen molar-refractivity contribution in [3.05, 3.63) is 34.9 Å². The molecule has 0 N–H and O–H groups in total. The molecule has 1 aromatic carbocycles. The van der Waals surface area contributed by atoms with Gasteiger partial charge in [-0.25, -0.2) is 9.59 Å². The maximum atomic E-state index is 11.5. The number of halogens is 1. The zero-order valence-corrected chi connectivity index (χ0v) is 10.5. The molecule has 86 valence electrons. The van der Waals surface area contributed by atoms with Crippen LogP contribution < -0.4 is 0 Å². The summed E-state index contributed by atoms with van der Waals surface area (Å²) >= 11 is 3.24. The van der Waals surface area contributed by atoms with Crippen molar-refractivity contribution in [2.45, 2.75) is 5.33 Å². The molecule has 0 amide bonds. The van der Waals surface area contributed by atoms with E-state index in [4.69, 9.17) is 0 Å². The largest absolute Gasteiger partial charge is 0.465 e. The molecule has 0 aliphatic carbocycles. The standard InChI is InChI=1S/C11H11BrO4/c1-15-10(13)7-4-3-5-8(9(7)6-12)11(14)16-2/h3-5H,6H2,1-2H3. The van der Waals surface area contributed by atoms with Crippen molar-refractivity contribution < 1.29 is 19.1 Å². The molecule has 0 fully saturated rings. The van der Waals surface area contributed by atoms with E-state index in [1.807, 2.05) is 0 Å². The highest BCUT2D eigenvalue weighted by Gasteiger charge is 2.18. The first kappa shape index (κ1) is 12.7. The van der Waals surface area contributed by atoms with Gasteiger partial charge in [-0.2, -0.15) is 0 Å². The summed E-state index contributed by atoms with van der Waals surface area (Å²) in [5.41, 5.74) is 1.30. The third kappa shape index (κ3) is 2.41. The zero-order valence-electron chi connectivity index (χ0n) is 8.95. The lowest BCUT2D eigenvalue weighted by molar-refractivity contribution is 0.0597. The van der Waals surface area contributed by atoms with E-state index in [9.17, 15) is 9.59 Å². The predicted octanol–water partition coefficient (Wildman–Crippen LogP) is 2.15. The fourth-order valence-corrected chi connectivity index (χ4v) is 1.94. The van der Waals surface area contributed by atoms with Gasteiger partial charge in [-0.05, 0) is 17.7 Å². The molecule has 0 aliphatic rings. The minimum atomic E-state index is -0.472. The molecule has 0 bridgehead atoms. The molecule has 0 radical (unpaired) electrons. The Labute approximate surface area is 102 Å². The fraction of sp³-hybridized carbons (Fsp3) is 0.273. The second-order valence-electron chi connectivity index (χ2n) is 2.95. The second kappa shape index (κ2) is 5.65. The molecule has 16 heavy (non-hydrogen) atoms. The molecule has 0 spiro atoms. The summed E-state index contributed by atoms with van der Waals surface area (Å²) in [5.74, 6) is -0.944. The number of esters is 2. The maximum Gasteiger partial charge on any atom is 0.338 e. The molecule has 0 atom stereocenters. The van der Waals surface area contributed by atoms with E-state index in [2.05, 4.69) is 25.4 Å². The number of rotatable bonds is 3. The topological polar surface area (TPSA) is 52.6 Å². The summed E-state index contributed by atoms with van der Waals surface area (Å²) in [5, 5.41) is 0.378. The summed E-state index contributed by atoms with van der Waals surface area (Å²) in [6.07, 6.45) is 0. The van der Waals surface area contributed by atoms with Gasteiger partial charge in [0.2, 0.25) is 0 Å². The van der Waals surface area contributed by atoms with Crippen molar-refractivity contribution in [3.8, 4) is 0 Å². The Balaban J connectivity index is 3.31. The van der Waals surface area contributed by atoms with Crippen LogP contribution in [0.3, 0.4) is 0 Å². The van der Waals surface area contributed by atoms with Crippen LogP contribution in [-0.4, -0.2) is 26.2 Å². The SMILES string of the molecule is COC(=O)c1cccc(C(=O)OC)c1CBr. The summed E-state index contributed by atoms with van der Waals surface area (Å²) in [7, 11) is 2.59. The van der Waals surface area contributed by atoms with Crippen LogP contribution in [0.4, 0.5) is 0 Å². The molecule has 0 heterocycles. The van der Waals surface area contributed by atoms with Crippen LogP contribution in [-0.2, 0) is 14.8 Å². The molecule has 5 heteroatoms. The smallest absolute Gasteiger partial charge is 0.338 e. The number of hydrogen-bond acceptors (Lipinski definition) is 4. The second-order valence-corrected chi connectivity index (χ2v) is 3.51. The van der Waals surface area contributed by atoms with Crippen molar-refractivity contribution in [1.29, 1.82) is 0 Å². The Morgan fingerprint density at radius 3 is 1.88 bits per heavy atom. The molecule has 0 saturated carbocycles. The molecule has 0 saturated heterocycles. The first-order valence-corrected chi connectivity index (χ1v) is 5.62. The van der Waals surface area contributed by atoms with E-state index in [-0.39, 0.29) is 0 Å². The van der Waals surface area contributed by atoms with Gasteiger partial charge < -0.3 is 9.47 Å². The van der Waals surface area contributed by atoms with Gasteiger partial charge in [-0.1, -0.05) is 22.0 Å². The van der Waals surface area contributed by atoms with Crippen molar-refractivity contribution in [2.24, 2.45) is 0 Å². The molecular weight excluding hydrogens is 276 g/mol. The van der Waals surface area contributed by atoms with E-state index >= 15 is 0 Å². The minimum Gasteiger partial charge on any atom is -0.465 e. The van der Waals surface area contributed by atoms with Gasteiger partial charge in [-0.15, -0.1) is 0 Å². The lowest BCUT2D eigenvalue weighted by Crippen LogP contribution is -2.11. The molecule has 4 nitrogen and oxygen atoms in total. The average molecular weight is 287 g/mol. The van der Waals surface area contributed by atoms with Crippen LogP contribution >= 0.6 is 15.9 Å². The maximum absolute atomic E-state index is 11.5. The van der Waals surface area contributed by atoms with Gasteiger partial charge in [0.05, 0.1) is 25.3 Å². The Hall–Kier alpha value is -1.36. The highest BCUT2D eigenvalue weighted by molar-refractivity contribution is 9.08. The number of benzene rings is 1. The lowest BCUT2D eigenvalue weighted by atomic mass is 10.0. The van der Waals surface area contributed by atoms with Gasteiger partial charge in [0.25, 0.3) is 0 Å². The minimum absolute atomic E-state index is 0.363. The van der Waals surface area contributed by atoms with Crippen LogP contribution in [0.2, 0.25) is 0 Å². The van der Waals surface area contributed by atoms with Gasteiger partial charge >= 0.3 is 11.9 Å². The van der Waals surface area contributed by atoms with Crippen LogP contribution in [0.1, 0.15) is 26.3 Å². The van der Waals surface area contributed by atoms with Crippen LogP contribution in [0, 0.1) is 0 Å². The van der Waals surface area contributed by atoms with E-state index in [1.54, 1.807) is 18.2 Å². The van der Waals surface area contributed by atoms with Crippen molar-refractivity contribution in [3.63, 3.8) is 0 Å². The number of methoxy groups -OCH3 is 2. The highest BCUT2D eigenvalue weighted by atomic mass is 79.9. The molecular formula is C11H11BrO4. The van der Waals surface area contributed by atoms with E-state index < -0.39 is 11.9 Å². The van der Waals surface area contributed by atoms with Gasteiger partial charge in [-0.3, -0.25) is 0 Å². The van der Waals surface area contributed by atoms with Crippen molar-refractivity contribution in [1.82, 2.24) is 0 Å². The third-order valence-electron chi connectivity index (χ3n) is 2.12. The number of hydrogen-bond donors (Lipinski definition) is 0. The Morgan fingerprint density at radius 1 is 1.12 bits per heavy atom. The van der Waals surface area contributed by atoms with Crippen molar-refractivity contribution in [2.75, 3.05) is 14.2 Å². The van der Waals surface area contributed by atoms with Crippen molar-refractivity contribution >= 4 is 27.9 Å². The molecule has 0 unspecified atom stereocenters. The molecule has 1 aromatic rings. The first-order chi connectivity index (χ1) is 7.65. The molecule has 0 aromatic heterocycles. The van der Waals surface area contributed by atoms with Crippen LogP contribution in [0.5, 0.6) is 0 Å². The number of carbonyl (C=O) groups is 2. The summed E-state index contributed by atoms with van der Waals surface area (Å²) in [6, 6.07) is 4.83. The molecule has 1 rings (SSSR count). The third-order valence-corrected chi connectivity index (χ3v) is 2.68. The molecule has 0 aliphatic heterocycles. The summed E-state index contributed by atoms with van der Waals surface area (Å²) < 4.78 is 9.27. The number of alkyl halides is 1. The Morgan fingerprint density at radius 2 is 1.56 bits per heavy atom. The Bertz CT molecular complexity index is 380. The van der Waals surface area contributed by atoms with E-state index in [0.29, 0.717) is 22.0 Å². The van der Waals surface area contributed by atoms with E-state index in [1.165, 1.54) is 14.2 Å². The Kier molecular flexibility index (Phi) is 4.49. The van der Waals surface area contributed by atoms with Gasteiger partial charge in [0.15, 0.2) is 0 Å². The lowest BCUT2D eigenvalue weighted by Gasteiger charge is -2.09. The average Bonchev–Trinajstić information content (AvgIpc) is 2.35. The summed E-state index contributed by atoms with van der Waals surface area (Å²) in [6.45, 7) is 0. The summed E-state index contributed by atoms with van der Waals surface area (Å²) in [4.78, 5) is 22.9. The van der Waals surface area contributed by atoms with Crippen LogP contribution in [0.25, 0.3) is 0 Å². The monoisotopic (exact) mass is 286 g/mol. The predicted molar refractivity (Wildman–Crippen MR) is 61.8 cm³/mol. The first-order valence-electron chi connectivity index (χ1n) is 4.50. The fourth-order valence-electron chi connectivity index (χ4n) is 1.33. The normalized spacial score (nSPS) is 9.69. The number of ether oxygens (including phenoxy) is 2. The van der Waals surface area contributed by atoms with Gasteiger partial charge in [0.1, 0.15) is 0 Å². The van der Waals surface area contributed by atoms with Gasteiger partial charge in [0, 0.05) is 5.33 Å². The highest BCUT2D eigenvalue weighted by Crippen LogP contribution is 2.19.